The quantitative estimate of drug-likeness (QED) is 0.388. The second kappa shape index (κ2) is 9.40. The summed E-state index contributed by atoms with van der Waals surface area (Å²) in [5, 5.41) is 3.33. The van der Waals surface area contributed by atoms with E-state index in [2.05, 4.69) is 51.2 Å². The highest BCUT2D eigenvalue weighted by Crippen LogP contribution is 2.57. The van der Waals surface area contributed by atoms with Crippen molar-refractivity contribution in [1.29, 1.82) is 0 Å². The highest BCUT2D eigenvalue weighted by atomic mass is 16.5. The summed E-state index contributed by atoms with van der Waals surface area (Å²) in [6.07, 6.45) is 5.23. The van der Waals surface area contributed by atoms with Gasteiger partial charge in [-0.2, -0.15) is 0 Å². The number of hydrogen-bond acceptors (Lipinski definition) is 4. The molecule has 4 nitrogen and oxygen atoms in total. The SMILES string of the molecule is COc1ccc(NCCOC(=O)[C@]2(C)CCC[C@]3(C)c4ccc(C(C)C)cc4CC[C@@H]23)cc1. The van der Waals surface area contributed by atoms with E-state index in [1.54, 1.807) is 7.11 Å². The summed E-state index contributed by atoms with van der Waals surface area (Å²) in [5.74, 6) is 1.66. The molecule has 1 N–H and O–H groups in total. The van der Waals surface area contributed by atoms with Gasteiger partial charge in [0.25, 0.3) is 0 Å². The number of fused-ring (bicyclic) bond motifs is 3. The number of carbonyl (C=O) groups is 1. The lowest BCUT2D eigenvalue weighted by atomic mass is 9.49. The molecule has 0 unspecified atom stereocenters. The van der Waals surface area contributed by atoms with Crippen LogP contribution in [0.2, 0.25) is 0 Å². The fraction of sp³-hybridized carbons (Fsp3) is 0.552. The van der Waals surface area contributed by atoms with E-state index in [1.807, 2.05) is 24.3 Å². The third-order valence-electron chi connectivity index (χ3n) is 8.26. The molecule has 0 saturated heterocycles. The Labute approximate surface area is 199 Å². The molecule has 178 valence electrons. The molecule has 2 aromatic rings. The van der Waals surface area contributed by atoms with Crippen LogP contribution >= 0.6 is 0 Å². The van der Waals surface area contributed by atoms with Crippen molar-refractivity contribution in [2.75, 3.05) is 25.6 Å². The summed E-state index contributed by atoms with van der Waals surface area (Å²) in [4.78, 5) is 13.4. The Morgan fingerprint density at radius 2 is 1.88 bits per heavy atom. The third kappa shape index (κ3) is 4.49. The molecule has 2 aliphatic carbocycles. The summed E-state index contributed by atoms with van der Waals surface area (Å²) in [5.41, 5.74) is 4.97. The summed E-state index contributed by atoms with van der Waals surface area (Å²) in [6, 6.07) is 14.8. The van der Waals surface area contributed by atoms with Crippen molar-refractivity contribution < 1.29 is 14.3 Å². The molecule has 0 radical (unpaired) electrons. The van der Waals surface area contributed by atoms with Crippen LogP contribution in [0, 0.1) is 11.3 Å². The normalized spacial score (nSPS) is 26.3. The number of methoxy groups -OCH3 is 1. The lowest BCUT2D eigenvalue weighted by Crippen LogP contribution is -2.53. The van der Waals surface area contributed by atoms with Crippen LogP contribution in [-0.4, -0.2) is 26.2 Å². The first-order valence-corrected chi connectivity index (χ1v) is 12.5. The topological polar surface area (TPSA) is 47.6 Å². The van der Waals surface area contributed by atoms with Gasteiger partial charge in [-0.25, -0.2) is 0 Å². The molecular weight excluding hydrogens is 410 g/mol. The molecule has 2 aromatic carbocycles. The Balaban J connectivity index is 1.42. The van der Waals surface area contributed by atoms with Crippen molar-refractivity contribution in [2.24, 2.45) is 11.3 Å². The summed E-state index contributed by atoms with van der Waals surface area (Å²) in [6.45, 7) is 10.0. The molecule has 0 heterocycles. The highest BCUT2D eigenvalue weighted by Gasteiger charge is 2.55. The minimum atomic E-state index is -0.429. The maximum absolute atomic E-state index is 13.4. The van der Waals surface area contributed by atoms with Gasteiger partial charge in [0.05, 0.1) is 12.5 Å². The second-order valence-electron chi connectivity index (χ2n) is 10.6. The molecule has 2 aliphatic rings. The molecule has 1 fully saturated rings. The van der Waals surface area contributed by atoms with Crippen LogP contribution in [0.5, 0.6) is 5.75 Å². The van der Waals surface area contributed by atoms with Crippen LogP contribution in [0.1, 0.15) is 76.0 Å². The maximum atomic E-state index is 13.4. The number of aryl methyl sites for hydroxylation is 1. The summed E-state index contributed by atoms with van der Waals surface area (Å²) < 4.78 is 11.1. The van der Waals surface area contributed by atoms with Gasteiger partial charge in [0.1, 0.15) is 12.4 Å². The van der Waals surface area contributed by atoms with Gasteiger partial charge in [-0.15, -0.1) is 0 Å². The molecule has 4 heteroatoms. The Kier molecular flexibility index (Phi) is 6.74. The van der Waals surface area contributed by atoms with Crippen molar-refractivity contribution in [2.45, 2.75) is 71.1 Å². The van der Waals surface area contributed by atoms with E-state index in [0.717, 1.165) is 43.5 Å². The van der Waals surface area contributed by atoms with Gasteiger partial charge >= 0.3 is 5.97 Å². The average molecular weight is 450 g/mol. The number of anilines is 1. The van der Waals surface area contributed by atoms with E-state index in [4.69, 9.17) is 9.47 Å². The third-order valence-corrected chi connectivity index (χ3v) is 8.26. The molecule has 0 aliphatic heterocycles. The first-order valence-electron chi connectivity index (χ1n) is 12.5. The van der Waals surface area contributed by atoms with Gasteiger partial charge in [0.2, 0.25) is 0 Å². The zero-order valence-corrected chi connectivity index (χ0v) is 20.9. The average Bonchev–Trinajstić information content (AvgIpc) is 2.81. The number of benzene rings is 2. The Hall–Kier alpha value is -2.49. The first-order chi connectivity index (χ1) is 15.8. The fourth-order valence-electron chi connectivity index (χ4n) is 6.33. The Morgan fingerprint density at radius 1 is 1.12 bits per heavy atom. The minimum absolute atomic E-state index is 0.0304. The van der Waals surface area contributed by atoms with Gasteiger partial charge in [0, 0.05) is 12.2 Å². The van der Waals surface area contributed by atoms with Crippen LogP contribution in [-0.2, 0) is 21.4 Å². The van der Waals surface area contributed by atoms with E-state index in [1.165, 1.54) is 16.7 Å². The van der Waals surface area contributed by atoms with Crippen LogP contribution in [0.4, 0.5) is 5.69 Å². The first kappa shape index (κ1) is 23.7. The van der Waals surface area contributed by atoms with Crippen molar-refractivity contribution in [3.05, 3.63) is 59.2 Å². The van der Waals surface area contributed by atoms with Gasteiger partial charge in [-0.1, -0.05) is 45.4 Å². The van der Waals surface area contributed by atoms with E-state index >= 15 is 0 Å². The van der Waals surface area contributed by atoms with Crippen LogP contribution in [0.15, 0.2) is 42.5 Å². The van der Waals surface area contributed by atoms with Crippen molar-refractivity contribution in [1.82, 2.24) is 0 Å². The van der Waals surface area contributed by atoms with Crippen molar-refractivity contribution in [3.63, 3.8) is 0 Å². The van der Waals surface area contributed by atoms with E-state index < -0.39 is 5.41 Å². The molecule has 0 bridgehead atoms. The lowest BCUT2D eigenvalue weighted by molar-refractivity contribution is -0.164. The molecule has 0 amide bonds. The number of ether oxygens (including phenoxy) is 2. The summed E-state index contributed by atoms with van der Waals surface area (Å²) >= 11 is 0. The standard InChI is InChI=1S/C29H39NO3/c1-20(2)21-7-13-25-22(19-21)8-14-26-28(25,3)15-6-16-29(26,4)27(31)33-18-17-30-23-9-11-24(32-5)12-10-23/h7,9-13,19-20,26,30H,6,8,14-18H2,1-5H3/t26-,28-,29-/m1/s1. The monoisotopic (exact) mass is 449 g/mol. The van der Waals surface area contributed by atoms with E-state index in [-0.39, 0.29) is 11.4 Å². The van der Waals surface area contributed by atoms with Crippen molar-refractivity contribution in [3.8, 4) is 5.75 Å². The maximum Gasteiger partial charge on any atom is 0.312 e. The number of carbonyl (C=O) groups excluding carboxylic acids is 1. The second-order valence-corrected chi connectivity index (χ2v) is 10.6. The number of rotatable bonds is 7. The smallest absolute Gasteiger partial charge is 0.312 e. The summed E-state index contributed by atoms with van der Waals surface area (Å²) in [7, 11) is 1.66. The van der Waals surface area contributed by atoms with Crippen LogP contribution in [0.25, 0.3) is 0 Å². The fourth-order valence-corrected chi connectivity index (χ4v) is 6.33. The molecular formula is C29H39NO3. The van der Waals surface area contributed by atoms with Crippen molar-refractivity contribution >= 4 is 11.7 Å². The van der Waals surface area contributed by atoms with E-state index in [9.17, 15) is 4.79 Å². The van der Waals surface area contributed by atoms with Crippen LogP contribution < -0.4 is 10.1 Å². The molecule has 0 spiro atoms. The molecule has 3 atom stereocenters. The zero-order valence-electron chi connectivity index (χ0n) is 20.9. The van der Waals surface area contributed by atoms with Gasteiger partial charge in [0.15, 0.2) is 0 Å². The molecule has 1 saturated carbocycles. The number of esters is 1. The number of nitrogens with one attached hydrogen (secondary N) is 1. The highest BCUT2D eigenvalue weighted by molar-refractivity contribution is 5.77. The number of hydrogen-bond donors (Lipinski definition) is 1. The Bertz CT molecular complexity index is 983. The predicted molar refractivity (Wildman–Crippen MR) is 134 cm³/mol. The molecule has 4 rings (SSSR count). The Morgan fingerprint density at radius 3 is 2.58 bits per heavy atom. The zero-order chi connectivity index (χ0) is 23.6. The van der Waals surface area contributed by atoms with Crippen LogP contribution in [0.3, 0.4) is 0 Å². The van der Waals surface area contributed by atoms with E-state index in [0.29, 0.717) is 25.0 Å². The predicted octanol–water partition coefficient (Wildman–Crippen LogP) is 6.48. The minimum Gasteiger partial charge on any atom is -0.497 e. The molecule has 0 aromatic heterocycles. The van der Waals surface area contributed by atoms with Gasteiger partial charge in [-0.05, 0) is 90.8 Å². The largest absolute Gasteiger partial charge is 0.497 e. The van der Waals surface area contributed by atoms with Gasteiger partial charge in [-0.3, -0.25) is 4.79 Å². The molecule has 33 heavy (non-hydrogen) atoms. The lowest BCUT2D eigenvalue weighted by Gasteiger charge is -2.54. The van der Waals surface area contributed by atoms with Gasteiger partial charge < -0.3 is 14.8 Å².